The summed E-state index contributed by atoms with van der Waals surface area (Å²) in [6, 6.07) is 11.2. The van der Waals surface area contributed by atoms with Crippen molar-refractivity contribution in [2.24, 2.45) is 0 Å². The number of hydrogen-bond acceptors (Lipinski definition) is 4. The molecule has 4 aromatic rings. The first-order valence-electron chi connectivity index (χ1n) is 9.76. The van der Waals surface area contributed by atoms with Gasteiger partial charge in [0.25, 0.3) is 5.56 Å². The fourth-order valence-corrected chi connectivity index (χ4v) is 4.44. The number of halogens is 2. The minimum Gasteiger partial charge on any atom is -0.322 e. The number of aromatic nitrogens is 2. The Morgan fingerprint density at radius 1 is 1.06 bits per heavy atom. The summed E-state index contributed by atoms with van der Waals surface area (Å²) in [7, 11) is 0. The lowest BCUT2D eigenvalue weighted by Crippen LogP contribution is -2.41. The van der Waals surface area contributed by atoms with Gasteiger partial charge in [-0.25, -0.2) is 9.18 Å². The molecule has 9 heteroatoms. The van der Waals surface area contributed by atoms with E-state index in [0.29, 0.717) is 10.2 Å². The average molecular weight is 472 g/mol. The van der Waals surface area contributed by atoms with Crippen molar-refractivity contribution in [1.82, 2.24) is 9.13 Å². The van der Waals surface area contributed by atoms with Crippen molar-refractivity contribution >= 4 is 44.7 Å². The Morgan fingerprint density at radius 3 is 2.56 bits per heavy atom. The molecule has 164 valence electrons. The van der Waals surface area contributed by atoms with Crippen molar-refractivity contribution in [2.75, 3.05) is 5.32 Å². The van der Waals surface area contributed by atoms with Crippen LogP contribution in [0.25, 0.3) is 10.2 Å². The largest absolute Gasteiger partial charge is 0.332 e. The number of rotatable bonds is 5. The monoisotopic (exact) mass is 471 g/mol. The first-order valence-corrected chi connectivity index (χ1v) is 11.0. The normalized spacial score (nSPS) is 11.1. The number of carbonyl (C=O) groups excluding carboxylic acids is 1. The molecule has 1 N–H and O–H groups in total. The van der Waals surface area contributed by atoms with Crippen LogP contribution in [-0.2, 0) is 17.9 Å². The molecule has 0 fully saturated rings. The van der Waals surface area contributed by atoms with E-state index in [1.54, 1.807) is 11.4 Å². The van der Waals surface area contributed by atoms with E-state index < -0.39 is 23.0 Å². The van der Waals surface area contributed by atoms with Gasteiger partial charge in [0.2, 0.25) is 5.91 Å². The van der Waals surface area contributed by atoms with Crippen LogP contribution >= 0.6 is 22.9 Å². The average Bonchev–Trinajstić information content (AvgIpc) is 3.23. The predicted octanol–water partition coefficient (Wildman–Crippen LogP) is 4.32. The number of hydrogen-bond donors (Lipinski definition) is 1. The Bertz CT molecular complexity index is 1470. The summed E-state index contributed by atoms with van der Waals surface area (Å²) in [5.41, 5.74) is 2.29. The minimum absolute atomic E-state index is 0.0440. The van der Waals surface area contributed by atoms with Crippen LogP contribution in [0.5, 0.6) is 0 Å². The summed E-state index contributed by atoms with van der Waals surface area (Å²) in [6.45, 7) is 3.65. The highest BCUT2D eigenvalue weighted by Gasteiger charge is 2.17. The predicted molar refractivity (Wildman–Crippen MR) is 125 cm³/mol. The lowest BCUT2D eigenvalue weighted by atomic mass is 10.1. The number of thiophene rings is 1. The number of nitrogens with zero attached hydrogens (tertiary/aromatic N) is 2. The first kappa shape index (κ1) is 22.0. The molecular formula is C23H19ClFN3O3S. The number of carbonyl (C=O) groups is 1. The quantitative estimate of drug-likeness (QED) is 0.471. The second-order valence-corrected chi connectivity index (χ2v) is 8.84. The van der Waals surface area contributed by atoms with Gasteiger partial charge >= 0.3 is 5.69 Å². The summed E-state index contributed by atoms with van der Waals surface area (Å²) in [6.07, 6.45) is 0. The topological polar surface area (TPSA) is 73.1 Å². The molecule has 2 aromatic carbocycles. The summed E-state index contributed by atoms with van der Waals surface area (Å²) in [5, 5.41) is 4.35. The molecule has 0 aliphatic heterocycles. The SMILES string of the molecule is Cc1ccc(Cn2c(=O)c3sccc3n(CC(=O)Nc3ccc(Cl)cc3F)c2=O)cc1C. The molecular weight excluding hydrogens is 453 g/mol. The van der Waals surface area contributed by atoms with E-state index >= 15 is 0 Å². The Balaban J connectivity index is 1.72. The molecule has 0 saturated carbocycles. The number of amides is 1. The lowest BCUT2D eigenvalue weighted by Gasteiger charge is -2.13. The van der Waals surface area contributed by atoms with Gasteiger partial charge in [0.1, 0.15) is 17.1 Å². The van der Waals surface area contributed by atoms with Gasteiger partial charge in [-0.2, -0.15) is 0 Å². The minimum atomic E-state index is -0.682. The molecule has 2 aromatic heterocycles. The zero-order chi connectivity index (χ0) is 23.0. The smallest absolute Gasteiger partial charge is 0.322 e. The van der Waals surface area contributed by atoms with Crippen LogP contribution in [0.1, 0.15) is 16.7 Å². The van der Waals surface area contributed by atoms with Gasteiger partial charge < -0.3 is 5.32 Å². The van der Waals surface area contributed by atoms with E-state index in [9.17, 15) is 18.8 Å². The van der Waals surface area contributed by atoms with Crippen LogP contribution < -0.4 is 16.6 Å². The van der Waals surface area contributed by atoms with E-state index in [-0.39, 0.29) is 23.8 Å². The lowest BCUT2D eigenvalue weighted by molar-refractivity contribution is -0.116. The zero-order valence-electron chi connectivity index (χ0n) is 17.3. The Morgan fingerprint density at radius 2 is 1.84 bits per heavy atom. The maximum absolute atomic E-state index is 14.0. The van der Waals surface area contributed by atoms with E-state index in [1.807, 2.05) is 32.0 Å². The van der Waals surface area contributed by atoms with Gasteiger partial charge in [-0.3, -0.25) is 18.7 Å². The van der Waals surface area contributed by atoms with Crippen LogP contribution in [-0.4, -0.2) is 15.0 Å². The molecule has 6 nitrogen and oxygen atoms in total. The van der Waals surface area contributed by atoms with Gasteiger partial charge in [0, 0.05) is 5.02 Å². The molecule has 4 rings (SSSR count). The van der Waals surface area contributed by atoms with Crippen molar-refractivity contribution in [2.45, 2.75) is 26.9 Å². The molecule has 0 spiro atoms. The molecule has 1 amide bonds. The van der Waals surface area contributed by atoms with Gasteiger partial charge in [0.05, 0.1) is 17.7 Å². The van der Waals surface area contributed by atoms with E-state index in [1.165, 1.54) is 28.0 Å². The molecule has 2 heterocycles. The third kappa shape index (κ3) is 4.24. The fourth-order valence-electron chi connectivity index (χ4n) is 3.43. The zero-order valence-corrected chi connectivity index (χ0v) is 18.9. The van der Waals surface area contributed by atoms with Crippen molar-refractivity contribution in [1.29, 1.82) is 0 Å². The number of aryl methyl sites for hydroxylation is 2. The highest BCUT2D eigenvalue weighted by molar-refractivity contribution is 7.17. The molecule has 0 unspecified atom stereocenters. The van der Waals surface area contributed by atoms with E-state index in [2.05, 4.69) is 5.32 Å². The summed E-state index contributed by atoms with van der Waals surface area (Å²) < 4.78 is 16.8. The molecule has 0 atom stereocenters. The van der Waals surface area contributed by atoms with Crippen molar-refractivity contribution in [3.8, 4) is 0 Å². The standard InChI is InChI=1S/C23H19ClFN3O3S/c1-13-3-4-15(9-14(13)2)11-28-22(30)21-19(7-8-32-21)27(23(28)31)12-20(29)26-18-6-5-16(24)10-17(18)25/h3-10H,11-12H2,1-2H3,(H,26,29). The fraction of sp³-hybridized carbons (Fsp3) is 0.174. The van der Waals surface area contributed by atoms with Gasteiger partial charge in [-0.1, -0.05) is 29.8 Å². The number of fused-ring (bicyclic) bond motifs is 1. The molecule has 0 aliphatic rings. The first-order chi connectivity index (χ1) is 15.2. The molecule has 0 radical (unpaired) electrons. The summed E-state index contributed by atoms with van der Waals surface area (Å²) in [4.78, 5) is 38.8. The molecule has 0 bridgehead atoms. The third-order valence-corrected chi connectivity index (χ3v) is 6.38. The summed E-state index contributed by atoms with van der Waals surface area (Å²) in [5.74, 6) is -1.28. The van der Waals surface area contributed by atoms with Crippen LogP contribution in [0.2, 0.25) is 5.02 Å². The van der Waals surface area contributed by atoms with Crippen LogP contribution in [0.4, 0.5) is 10.1 Å². The van der Waals surface area contributed by atoms with Gasteiger partial charge in [-0.15, -0.1) is 11.3 Å². The van der Waals surface area contributed by atoms with Crippen LogP contribution in [0.15, 0.2) is 57.4 Å². The van der Waals surface area contributed by atoms with Crippen molar-refractivity contribution in [3.63, 3.8) is 0 Å². The number of benzene rings is 2. The maximum Gasteiger partial charge on any atom is 0.332 e. The second-order valence-electron chi connectivity index (χ2n) is 7.49. The Kier molecular flexibility index (Phi) is 5.99. The van der Waals surface area contributed by atoms with Gasteiger partial charge in [-0.05, 0) is 60.2 Å². The third-order valence-electron chi connectivity index (χ3n) is 5.26. The van der Waals surface area contributed by atoms with Crippen LogP contribution in [0.3, 0.4) is 0 Å². The molecule has 32 heavy (non-hydrogen) atoms. The summed E-state index contributed by atoms with van der Waals surface area (Å²) >= 11 is 6.95. The van der Waals surface area contributed by atoms with Crippen molar-refractivity contribution in [3.05, 3.63) is 96.2 Å². The van der Waals surface area contributed by atoms with E-state index in [0.717, 1.165) is 27.3 Å². The Labute approximate surface area is 191 Å². The highest BCUT2D eigenvalue weighted by atomic mass is 35.5. The molecule has 0 saturated heterocycles. The van der Waals surface area contributed by atoms with E-state index in [4.69, 9.17) is 11.6 Å². The van der Waals surface area contributed by atoms with Crippen LogP contribution in [0, 0.1) is 19.7 Å². The number of nitrogens with one attached hydrogen (secondary N) is 1. The van der Waals surface area contributed by atoms with Crippen molar-refractivity contribution < 1.29 is 9.18 Å². The Hall–Kier alpha value is -3.23. The maximum atomic E-state index is 14.0. The molecule has 0 aliphatic carbocycles. The van der Waals surface area contributed by atoms with Gasteiger partial charge in [0.15, 0.2) is 0 Å². The number of anilines is 1. The highest BCUT2D eigenvalue weighted by Crippen LogP contribution is 2.20. The second kappa shape index (κ2) is 8.72.